The van der Waals surface area contributed by atoms with Crippen LogP contribution in [0.25, 0.3) is 0 Å². The molecular weight excluding hydrogens is 489 g/mol. The van der Waals surface area contributed by atoms with E-state index in [1.807, 2.05) is 50.1 Å². The Balaban J connectivity index is 0.00000392. The van der Waals surface area contributed by atoms with Crippen molar-refractivity contribution < 1.29 is 8.42 Å². The van der Waals surface area contributed by atoms with Crippen LogP contribution in [-0.4, -0.2) is 43.5 Å². The first-order valence-corrected chi connectivity index (χ1v) is 11.0. The molecular formula is C19H30IN5O2S. The normalized spacial score (nSPS) is 11.8. The summed E-state index contributed by atoms with van der Waals surface area (Å²) >= 11 is 0. The zero-order valence-electron chi connectivity index (χ0n) is 16.9. The van der Waals surface area contributed by atoms with Gasteiger partial charge in [0.15, 0.2) is 15.8 Å². The molecule has 0 spiro atoms. The summed E-state index contributed by atoms with van der Waals surface area (Å²) in [6.07, 6.45) is 7.10. The lowest BCUT2D eigenvalue weighted by Crippen LogP contribution is -2.37. The minimum Gasteiger partial charge on any atom is -0.357 e. The van der Waals surface area contributed by atoms with Crippen LogP contribution in [0, 0.1) is 6.92 Å². The summed E-state index contributed by atoms with van der Waals surface area (Å²) in [5.74, 6) is 0.758. The molecule has 2 aromatic rings. The van der Waals surface area contributed by atoms with E-state index in [4.69, 9.17) is 0 Å². The maximum atomic E-state index is 11.7. The lowest BCUT2D eigenvalue weighted by molar-refractivity contribution is 0.601. The van der Waals surface area contributed by atoms with Crippen molar-refractivity contribution in [3.05, 3.63) is 47.3 Å². The van der Waals surface area contributed by atoms with Crippen LogP contribution in [0.2, 0.25) is 0 Å². The molecule has 0 radical (unpaired) electrons. The van der Waals surface area contributed by atoms with Crippen molar-refractivity contribution in [2.24, 2.45) is 12.0 Å². The quantitative estimate of drug-likeness (QED) is 0.242. The molecule has 7 nitrogen and oxygen atoms in total. The van der Waals surface area contributed by atoms with E-state index in [0.29, 0.717) is 11.4 Å². The topological polar surface area (TPSA) is 88.4 Å². The molecule has 1 aromatic heterocycles. The molecule has 1 aromatic carbocycles. The van der Waals surface area contributed by atoms with E-state index in [2.05, 4.69) is 20.7 Å². The van der Waals surface area contributed by atoms with Gasteiger partial charge in [0.1, 0.15) is 0 Å². The third kappa shape index (κ3) is 7.78. The predicted octanol–water partition coefficient (Wildman–Crippen LogP) is 2.44. The second-order valence-electron chi connectivity index (χ2n) is 6.62. The molecule has 0 aliphatic heterocycles. The molecule has 0 amide bonds. The van der Waals surface area contributed by atoms with Gasteiger partial charge in [0, 0.05) is 32.6 Å². The fourth-order valence-electron chi connectivity index (χ4n) is 2.84. The average molecular weight is 519 g/mol. The number of aromatic nitrogens is 2. The number of aliphatic imine (C=N–C) groups is 1. The van der Waals surface area contributed by atoms with Crippen LogP contribution in [0.3, 0.4) is 0 Å². The highest BCUT2D eigenvalue weighted by atomic mass is 127. The summed E-state index contributed by atoms with van der Waals surface area (Å²) in [5.41, 5.74) is 2.95. The molecule has 156 valence electrons. The van der Waals surface area contributed by atoms with Crippen LogP contribution in [0.15, 0.2) is 40.5 Å². The fourth-order valence-corrected chi connectivity index (χ4v) is 3.80. The van der Waals surface area contributed by atoms with E-state index < -0.39 is 9.84 Å². The number of rotatable bonds is 8. The van der Waals surface area contributed by atoms with Crippen LogP contribution in [0.5, 0.6) is 0 Å². The van der Waals surface area contributed by atoms with E-state index in [9.17, 15) is 8.42 Å². The molecule has 2 rings (SSSR count). The molecule has 0 aliphatic carbocycles. The number of aryl methyl sites for hydroxylation is 3. The summed E-state index contributed by atoms with van der Waals surface area (Å²) in [7, 11) is -1.27. The van der Waals surface area contributed by atoms with Crippen LogP contribution < -0.4 is 10.6 Å². The molecule has 28 heavy (non-hydrogen) atoms. The average Bonchev–Trinajstić information content (AvgIpc) is 3.00. The van der Waals surface area contributed by atoms with Crippen molar-refractivity contribution in [1.82, 2.24) is 20.4 Å². The van der Waals surface area contributed by atoms with Gasteiger partial charge in [-0.2, -0.15) is 5.10 Å². The Bertz CT molecular complexity index is 893. The Morgan fingerprint density at radius 3 is 2.57 bits per heavy atom. The van der Waals surface area contributed by atoms with Gasteiger partial charge in [-0.25, -0.2) is 13.4 Å². The van der Waals surface area contributed by atoms with Gasteiger partial charge >= 0.3 is 0 Å². The second kappa shape index (κ2) is 11.4. The number of sulfone groups is 1. The van der Waals surface area contributed by atoms with Crippen molar-refractivity contribution in [3.63, 3.8) is 0 Å². The van der Waals surface area contributed by atoms with E-state index in [1.165, 1.54) is 11.8 Å². The van der Waals surface area contributed by atoms with Crippen molar-refractivity contribution in [3.8, 4) is 0 Å². The molecule has 2 N–H and O–H groups in total. The Kier molecular flexibility index (Phi) is 9.94. The SMILES string of the molecule is CCNC(=NCc1ccc(S(C)(=O)=O)c(C)c1)NCCCc1cnn(C)c1.I. The van der Waals surface area contributed by atoms with Gasteiger partial charge in [-0.05, 0) is 49.4 Å². The number of halogens is 1. The summed E-state index contributed by atoms with van der Waals surface area (Å²) in [5, 5.41) is 10.7. The summed E-state index contributed by atoms with van der Waals surface area (Å²) in [6, 6.07) is 5.36. The highest BCUT2D eigenvalue weighted by molar-refractivity contribution is 14.0. The largest absolute Gasteiger partial charge is 0.357 e. The first-order chi connectivity index (χ1) is 12.8. The van der Waals surface area contributed by atoms with Gasteiger partial charge in [-0.15, -0.1) is 24.0 Å². The van der Waals surface area contributed by atoms with Crippen LogP contribution >= 0.6 is 24.0 Å². The molecule has 0 saturated heterocycles. The molecule has 0 fully saturated rings. The van der Waals surface area contributed by atoms with Crippen LogP contribution in [-0.2, 0) is 29.9 Å². The second-order valence-corrected chi connectivity index (χ2v) is 8.60. The number of nitrogens with zero attached hydrogens (tertiary/aromatic N) is 3. The standard InChI is InChI=1S/C19H29N5O2S.HI/c1-5-20-19(21-10-6-7-17-13-23-24(3)14-17)22-12-16-8-9-18(15(2)11-16)27(4,25)26;/h8-9,11,13-14H,5-7,10,12H2,1-4H3,(H2,20,21,22);1H. The number of hydrogen-bond acceptors (Lipinski definition) is 4. The Labute approximate surface area is 185 Å². The Morgan fingerprint density at radius 2 is 2.00 bits per heavy atom. The van der Waals surface area contributed by atoms with Crippen LogP contribution in [0.4, 0.5) is 0 Å². The lowest BCUT2D eigenvalue weighted by Gasteiger charge is -2.11. The molecule has 9 heteroatoms. The fraction of sp³-hybridized carbons (Fsp3) is 0.474. The molecule has 1 heterocycles. The smallest absolute Gasteiger partial charge is 0.191 e. The molecule has 0 unspecified atom stereocenters. The zero-order valence-corrected chi connectivity index (χ0v) is 20.0. The molecule has 0 saturated carbocycles. The third-order valence-corrected chi connectivity index (χ3v) is 5.35. The lowest BCUT2D eigenvalue weighted by atomic mass is 10.1. The number of nitrogens with one attached hydrogen (secondary N) is 2. The van der Waals surface area contributed by atoms with Gasteiger partial charge in [0.25, 0.3) is 0 Å². The van der Waals surface area contributed by atoms with Crippen molar-refractivity contribution in [2.45, 2.75) is 38.1 Å². The van der Waals surface area contributed by atoms with Crippen molar-refractivity contribution in [2.75, 3.05) is 19.3 Å². The maximum absolute atomic E-state index is 11.7. The van der Waals surface area contributed by atoms with E-state index in [0.717, 1.165) is 43.0 Å². The zero-order chi connectivity index (χ0) is 19.9. The summed E-state index contributed by atoms with van der Waals surface area (Å²) in [6.45, 7) is 5.92. The summed E-state index contributed by atoms with van der Waals surface area (Å²) < 4.78 is 25.2. The first kappa shape index (κ1) is 24.4. The van der Waals surface area contributed by atoms with Gasteiger partial charge < -0.3 is 10.6 Å². The summed E-state index contributed by atoms with van der Waals surface area (Å²) in [4.78, 5) is 4.96. The first-order valence-electron chi connectivity index (χ1n) is 9.09. The van der Waals surface area contributed by atoms with Gasteiger partial charge in [0.2, 0.25) is 0 Å². The Morgan fingerprint density at radius 1 is 1.25 bits per heavy atom. The molecule has 0 bridgehead atoms. The minimum absolute atomic E-state index is 0. The predicted molar refractivity (Wildman–Crippen MR) is 124 cm³/mol. The monoisotopic (exact) mass is 519 g/mol. The van der Waals surface area contributed by atoms with Gasteiger partial charge in [0.05, 0.1) is 17.6 Å². The maximum Gasteiger partial charge on any atom is 0.191 e. The highest BCUT2D eigenvalue weighted by Crippen LogP contribution is 2.17. The third-order valence-electron chi connectivity index (χ3n) is 4.10. The van der Waals surface area contributed by atoms with Gasteiger partial charge in [-0.3, -0.25) is 4.68 Å². The Hall–Kier alpha value is -1.62. The van der Waals surface area contributed by atoms with Gasteiger partial charge in [-0.1, -0.05) is 12.1 Å². The molecule has 0 aliphatic rings. The number of hydrogen-bond donors (Lipinski definition) is 2. The van der Waals surface area contributed by atoms with Crippen molar-refractivity contribution >= 4 is 39.8 Å². The van der Waals surface area contributed by atoms with Crippen molar-refractivity contribution in [1.29, 1.82) is 0 Å². The number of guanidine groups is 1. The van der Waals surface area contributed by atoms with E-state index in [1.54, 1.807) is 6.07 Å². The minimum atomic E-state index is -3.19. The van der Waals surface area contributed by atoms with E-state index >= 15 is 0 Å². The molecule has 0 atom stereocenters. The van der Waals surface area contributed by atoms with E-state index in [-0.39, 0.29) is 24.0 Å². The number of benzene rings is 1. The van der Waals surface area contributed by atoms with Crippen LogP contribution in [0.1, 0.15) is 30.0 Å². The highest BCUT2D eigenvalue weighted by Gasteiger charge is 2.10.